The molecule has 1 unspecified atom stereocenters. The summed E-state index contributed by atoms with van der Waals surface area (Å²) in [6.07, 6.45) is 10.8. The van der Waals surface area contributed by atoms with E-state index in [4.69, 9.17) is 5.73 Å². The molecule has 1 fully saturated rings. The number of fused-ring (bicyclic) bond motifs is 1. The summed E-state index contributed by atoms with van der Waals surface area (Å²) in [4.78, 5) is 0. The van der Waals surface area contributed by atoms with Crippen LogP contribution in [0.25, 0.3) is 10.9 Å². The molecule has 3 heteroatoms. The Balaban J connectivity index is 1.74. The highest BCUT2D eigenvalue weighted by Crippen LogP contribution is 2.30. The third-order valence-corrected chi connectivity index (χ3v) is 5.20. The van der Waals surface area contributed by atoms with Crippen LogP contribution in [0.2, 0.25) is 0 Å². The van der Waals surface area contributed by atoms with E-state index in [-0.39, 0.29) is 0 Å². The molecule has 1 aliphatic rings. The quantitative estimate of drug-likeness (QED) is 0.886. The van der Waals surface area contributed by atoms with Gasteiger partial charge < -0.3 is 5.73 Å². The minimum Gasteiger partial charge on any atom is -0.327 e. The monoisotopic (exact) mass is 299 g/mol. The molecular weight excluding hydrogens is 270 g/mol. The lowest BCUT2D eigenvalue weighted by atomic mass is 9.95. The van der Waals surface area contributed by atoms with E-state index in [1.54, 1.807) is 0 Å². The summed E-state index contributed by atoms with van der Waals surface area (Å²) in [5.41, 5.74) is 8.84. The van der Waals surface area contributed by atoms with Crippen LogP contribution >= 0.6 is 0 Å². The van der Waals surface area contributed by atoms with Crippen LogP contribution in [0, 0.1) is 5.92 Å². The molecule has 0 amide bonds. The molecule has 1 atom stereocenters. The molecule has 1 saturated carbocycles. The molecule has 0 bridgehead atoms. The summed E-state index contributed by atoms with van der Waals surface area (Å²) in [5.74, 6) is 0.554. The van der Waals surface area contributed by atoms with Crippen molar-refractivity contribution in [1.29, 1.82) is 0 Å². The van der Waals surface area contributed by atoms with Gasteiger partial charge in [-0.1, -0.05) is 39.2 Å². The number of rotatable bonds is 5. The van der Waals surface area contributed by atoms with E-state index in [1.807, 2.05) is 6.20 Å². The van der Waals surface area contributed by atoms with E-state index in [9.17, 15) is 0 Å². The highest BCUT2D eigenvalue weighted by molar-refractivity contribution is 5.79. The molecule has 0 spiro atoms. The van der Waals surface area contributed by atoms with Crippen molar-refractivity contribution in [2.24, 2.45) is 11.7 Å². The molecule has 1 aliphatic carbocycles. The van der Waals surface area contributed by atoms with Gasteiger partial charge in [-0.25, -0.2) is 0 Å². The summed E-state index contributed by atoms with van der Waals surface area (Å²) >= 11 is 0. The van der Waals surface area contributed by atoms with Crippen LogP contribution in [0.1, 0.15) is 64.0 Å². The lowest BCUT2D eigenvalue weighted by Crippen LogP contribution is -2.26. The van der Waals surface area contributed by atoms with Gasteiger partial charge in [-0.15, -0.1) is 0 Å². The lowest BCUT2D eigenvalue weighted by Gasteiger charge is -2.22. The van der Waals surface area contributed by atoms with E-state index in [1.165, 1.54) is 48.6 Å². The molecule has 22 heavy (non-hydrogen) atoms. The Hall–Kier alpha value is -1.35. The molecule has 0 saturated heterocycles. The Morgan fingerprint density at radius 1 is 1.23 bits per heavy atom. The summed E-state index contributed by atoms with van der Waals surface area (Å²) in [6, 6.07) is 7.71. The fraction of sp³-hybridized carbons (Fsp3) is 0.632. The Morgan fingerprint density at radius 2 is 2.00 bits per heavy atom. The maximum absolute atomic E-state index is 6.16. The zero-order chi connectivity index (χ0) is 15.5. The van der Waals surface area contributed by atoms with E-state index in [0.717, 1.165) is 12.8 Å². The number of hydrogen-bond donors (Lipinski definition) is 1. The summed E-state index contributed by atoms with van der Waals surface area (Å²) in [6.45, 7) is 4.39. The maximum Gasteiger partial charge on any atom is 0.0685 e. The van der Waals surface area contributed by atoms with Gasteiger partial charge in [0.25, 0.3) is 0 Å². The third-order valence-electron chi connectivity index (χ3n) is 5.20. The Bertz CT molecular complexity index is 608. The van der Waals surface area contributed by atoms with Crippen LogP contribution in [-0.2, 0) is 6.42 Å². The molecule has 2 N–H and O–H groups in total. The van der Waals surface area contributed by atoms with E-state index in [0.29, 0.717) is 18.0 Å². The van der Waals surface area contributed by atoms with Crippen LogP contribution in [0.5, 0.6) is 0 Å². The van der Waals surface area contributed by atoms with Gasteiger partial charge in [0.15, 0.2) is 0 Å². The number of aryl methyl sites for hydroxylation is 1. The van der Waals surface area contributed by atoms with Crippen molar-refractivity contribution in [2.75, 3.05) is 0 Å². The number of nitrogens with zero attached hydrogens (tertiary/aromatic N) is 2. The molecule has 3 nitrogen and oxygen atoms in total. The standard InChI is InChI=1S/C19H29N3/c1-14(2)18(20)10-8-15-9-11-19-16(12-15)13-21-22(19)17-6-4-3-5-7-17/h9,11-14,17-18H,3-8,10,20H2,1-2H3. The van der Waals surface area contributed by atoms with Gasteiger partial charge in [-0.2, -0.15) is 5.10 Å². The van der Waals surface area contributed by atoms with Gasteiger partial charge in [-0.3, -0.25) is 4.68 Å². The van der Waals surface area contributed by atoms with Crippen molar-refractivity contribution in [3.05, 3.63) is 30.0 Å². The second kappa shape index (κ2) is 6.82. The minimum absolute atomic E-state index is 0.292. The van der Waals surface area contributed by atoms with E-state index in [2.05, 4.69) is 41.8 Å². The molecule has 1 aromatic carbocycles. The second-order valence-electron chi connectivity index (χ2n) is 7.22. The fourth-order valence-corrected chi connectivity index (χ4v) is 3.54. The van der Waals surface area contributed by atoms with Crippen molar-refractivity contribution in [3.8, 4) is 0 Å². The molecule has 120 valence electrons. The lowest BCUT2D eigenvalue weighted by molar-refractivity contribution is 0.337. The topological polar surface area (TPSA) is 43.8 Å². The van der Waals surface area contributed by atoms with Crippen molar-refractivity contribution in [2.45, 2.75) is 70.9 Å². The van der Waals surface area contributed by atoms with Crippen LogP contribution in [0.15, 0.2) is 24.4 Å². The zero-order valence-electron chi connectivity index (χ0n) is 14.0. The van der Waals surface area contributed by atoms with Gasteiger partial charge in [0.2, 0.25) is 0 Å². The highest BCUT2D eigenvalue weighted by atomic mass is 15.3. The van der Waals surface area contributed by atoms with E-state index < -0.39 is 0 Å². The average Bonchev–Trinajstić information content (AvgIpc) is 2.96. The first-order valence-corrected chi connectivity index (χ1v) is 8.87. The van der Waals surface area contributed by atoms with Gasteiger partial charge in [-0.05, 0) is 49.3 Å². The van der Waals surface area contributed by atoms with Gasteiger partial charge in [0.05, 0.1) is 17.8 Å². The van der Waals surface area contributed by atoms with Crippen molar-refractivity contribution >= 4 is 10.9 Å². The molecule has 1 heterocycles. The molecule has 1 aromatic heterocycles. The predicted molar refractivity (Wildman–Crippen MR) is 93.0 cm³/mol. The average molecular weight is 299 g/mol. The number of aromatic nitrogens is 2. The zero-order valence-corrected chi connectivity index (χ0v) is 14.0. The summed E-state index contributed by atoms with van der Waals surface area (Å²) < 4.78 is 2.26. The second-order valence-corrected chi connectivity index (χ2v) is 7.22. The molecule has 2 aromatic rings. The van der Waals surface area contributed by atoms with Crippen LogP contribution < -0.4 is 5.73 Å². The molecule has 0 aliphatic heterocycles. The fourth-order valence-electron chi connectivity index (χ4n) is 3.54. The van der Waals surface area contributed by atoms with Crippen LogP contribution in [0.4, 0.5) is 0 Å². The predicted octanol–water partition coefficient (Wildman–Crippen LogP) is 4.46. The van der Waals surface area contributed by atoms with E-state index >= 15 is 0 Å². The van der Waals surface area contributed by atoms with Gasteiger partial charge in [0, 0.05) is 11.4 Å². The largest absolute Gasteiger partial charge is 0.327 e. The van der Waals surface area contributed by atoms with Crippen molar-refractivity contribution in [3.63, 3.8) is 0 Å². The Morgan fingerprint density at radius 3 is 2.73 bits per heavy atom. The molecule has 0 radical (unpaired) electrons. The smallest absolute Gasteiger partial charge is 0.0685 e. The highest BCUT2D eigenvalue weighted by Gasteiger charge is 2.18. The Labute approximate surface area is 133 Å². The first-order chi connectivity index (χ1) is 10.6. The normalized spacial score (nSPS) is 18.2. The summed E-state index contributed by atoms with van der Waals surface area (Å²) in [7, 11) is 0. The third kappa shape index (κ3) is 3.35. The first kappa shape index (κ1) is 15.5. The van der Waals surface area contributed by atoms with Gasteiger partial charge in [0.1, 0.15) is 0 Å². The van der Waals surface area contributed by atoms with Gasteiger partial charge >= 0.3 is 0 Å². The first-order valence-electron chi connectivity index (χ1n) is 8.87. The van der Waals surface area contributed by atoms with Crippen LogP contribution in [-0.4, -0.2) is 15.8 Å². The molecular formula is C19H29N3. The maximum atomic E-state index is 6.16. The van der Waals surface area contributed by atoms with Crippen molar-refractivity contribution in [1.82, 2.24) is 9.78 Å². The number of hydrogen-bond acceptors (Lipinski definition) is 2. The SMILES string of the molecule is CC(C)C(N)CCc1ccc2c(cnn2C2CCCCC2)c1. The van der Waals surface area contributed by atoms with Crippen molar-refractivity contribution < 1.29 is 0 Å². The summed E-state index contributed by atoms with van der Waals surface area (Å²) in [5, 5.41) is 5.95. The number of nitrogens with two attached hydrogens (primary N) is 1. The Kier molecular flexibility index (Phi) is 4.82. The molecule has 3 rings (SSSR count). The number of benzene rings is 1. The minimum atomic E-state index is 0.292. The van der Waals surface area contributed by atoms with Crippen LogP contribution in [0.3, 0.4) is 0 Å².